The molecule has 86 valence electrons. The van der Waals surface area contributed by atoms with Gasteiger partial charge in [0.15, 0.2) is 0 Å². The van der Waals surface area contributed by atoms with E-state index in [0.29, 0.717) is 0 Å². The Balaban J connectivity index is 1.73. The normalized spacial score (nSPS) is 54.8. The zero-order valence-corrected chi connectivity index (χ0v) is 10.4. The largest absolute Gasteiger partial charge is 0.0625 e. The molecule has 0 heteroatoms. The SMILES string of the molecule is CC1CCC2C(C1)CC1CCC(C)CC12. The van der Waals surface area contributed by atoms with Crippen molar-refractivity contribution in [3.8, 4) is 0 Å². The molecule has 3 aliphatic rings. The molecule has 0 heterocycles. The van der Waals surface area contributed by atoms with Crippen LogP contribution in [-0.2, 0) is 0 Å². The van der Waals surface area contributed by atoms with Gasteiger partial charge >= 0.3 is 0 Å². The van der Waals surface area contributed by atoms with Crippen LogP contribution in [0, 0.1) is 35.5 Å². The summed E-state index contributed by atoms with van der Waals surface area (Å²) in [6.45, 7) is 4.95. The van der Waals surface area contributed by atoms with Crippen molar-refractivity contribution in [3.05, 3.63) is 0 Å². The summed E-state index contributed by atoms with van der Waals surface area (Å²) in [5.41, 5.74) is 0. The van der Waals surface area contributed by atoms with Gasteiger partial charge in [-0.25, -0.2) is 0 Å². The minimum Gasteiger partial charge on any atom is -0.0625 e. The smallest absolute Gasteiger partial charge is 0.0352 e. The molecule has 0 radical (unpaired) electrons. The summed E-state index contributed by atoms with van der Waals surface area (Å²) in [6.07, 6.45) is 10.9. The van der Waals surface area contributed by atoms with E-state index in [4.69, 9.17) is 0 Å². The predicted octanol–water partition coefficient (Wildman–Crippen LogP) is 4.49. The van der Waals surface area contributed by atoms with Crippen molar-refractivity contribution in [1.29, 1.82) is 0 Å². The van der Waals surface area contributed by atoms with Gasteiger partial charge in [0.1, 0.15) is 0 Å². The number of hydrogen-bond donors (Lipinski definition) is 0. The van der Waals surface area contributed by atoms with Crippen molar-refractivity contribution >= 4 is 0 Å². The van der Waals surface area contributed by atoms with Gasteiger partial charge in [0, 0.05) is 0 Å². The van der Waals surface area contributed by atoms with Gasteiger partial charge < -0.3 is 0 Å². The van der Waals surface area contributed by atoms with Crippen LogP contribution in [0.2, 0.25) is 0 Å². The molecule has 0 amide bonds. The molecule has 0 aromatic heterocycles. The maximum Gasteiger partial charge on any atom is -0.0352 e. The fraction of sp³-hybridized carbons (Fsp3) is 1.00. The van der Waals surface area contributed by atoms with Crippen LogP contribution in [0.3, 0.4) is 0 Å². The van der Waals surface area contributed by atoms with Crippen molar-refractivity contribution in [2.75, 3.05) is 0 Å². The quantitative estimate of drug-likeness (QED) is 0.547. The Bertz CT molecular complexity index is 232. The predicted molar refractivity (Wildman–Crippen MR) is 64.6 cm³/mol. The number of rotatable bonds is 0. The molecule has 0 nitrogen and oxygen atoms in total. The summed E-state index contributed by atoms with van der Waals surface area (Å²) in [5.74, 6) is 6.63. The first-order chi connectivity index (χ1) is 7.24. The van der Waals surface area contributed by atoms with Crippen LogP contribution in [-0.4, -0.2) is 0 Å². The molecule has 3 aliphatic carbocycles. The van der Waals surface area contributed by atoms with Gasteiger partial charge in [-0.15, -0.1) is 0 Å². The lowest BCUT2D eigenvalue weighted by molar-refractivity contribution is 0.138. The topological polar surface area (TPSA) is 0 Å². The first-order valence-corrected chi connectivity index (χ1v) is 7.24. The van der Waals surface area contributed by atoms with Gasteiger partial charge in [-0.1, -0.05) is 26.7 Å². The van der Waals surface area contributed by atoms with Crippen LogP contribution in [0.4, 0.5) is 0 Å². The molecule has 0 aromatic rings. The van der Waals surface area contributed by atoms with Crippen molar-refractivity contribution in [2.45, 2.75) is 58.8 Å². The summed E-state index contributed by atoms with van der Waals surface area (Å²) in [6, 6.07) is 0. The Labute approximate surface area is 94.8 Å². The van der Waals surface area contributed by atoms with Gasteiger partial charge in [-0.3, -0.25) is 0 Å². The Morgan fingerprint density at radius 1 is 0.600 bits per heavy atom. The average molecular weight is 206 g/mol. The third-order valence-corrected chi connectivity index (χ3v) is 5.77. The Hall–Kier alpha value is 0. The minimum absolute atomic E-state index is 1.03. The van der Waals surface area contributed by atoms with E-state index in [0.717, 1.165) is 35.5 Å². The highest BCUT2D eigenvalue weighted by Crippen LogP contribution is 2.55. The monoisotopic (exact) mass is 206 g/mol. The van der Waals surface area contributed by atoms with Crippen LogP contribution in [0.25, 0.3) is 0 Å². The van der Waals surface area contributed by atoms with Crippen LogP contribution >= 0.6 is 0 Å². The maximum absolute atomic E-state index is 2.48. The van der Waals surface area contributed by atoms with Crippen LogP contribution < -0.4 is 0 Å². The van der Waals surface area contributed by atoms with E-state index in [1.807, 2.05) is 0 Å². The summed E-state index contributed by atoms with van der Waals surface area (Å²) in [5, 5.41) is 0. The second kappa shape index (κ2) is 3.79. The second-order valence-corrected chi connectivity index (χ2v) is 6.92. The molecule has 0 bridgehead atoms. The van der Waals surface area contributed by atoms with E-state index in [-0.39, 0.29) is 0 Å². The molecule has 3 saturated carbocycles. The molecular weight excluding hydrogens is 180 g/mol. The number of fused-ring (bicyclic) bond motifs is 3. The third-order valence-electron chi connectivity index (χ3n) is 5.77. The van der Waals surface area contributed by atoms with Gasteiger partial charge in [0.05, 0.1) is 0 Å². The van der Waals surface area contributed by atoms with Gasteiger partial charge in [-0.05, 0) is 67.6 Å². The highest BCUT2D eigenvalue weighted by molar-refractivity contribution is 4.96. The fourth-order valence-electron chi connectivity index (χ4n) is 5.05. The van der Waals surface area contributed by atoms with E-state index < -0.39 is 0 Å². The van der Waals surface area contributed by atoms with E-state index >= 15 is 0 Å². The third kappa shape index (κ3) is 1.74. The molecule has 0 aliphatic heterocycles. The first-order valence-electron chi connectivity index (χ1n) is 7.24. The van der Waals surface area contributed by atoms with Crippen molar-refractivity contribution < 1.29 is 0 Å². The Morgan fingerprint density at radius 2 is 1.33 bits per heavy atom. The summed E-state index contributed by atoms with van der Waals surface area (Å²) in [4.78, 5) is 0. The van der Waals surface area contributed by atoms with E-state index in [1.54, 1.807) is 32.1 Å². The molecule has 3 fully saturated rings. The van der Waals surface area contributed by atoms with Crippen LogP contribution in [0.1, 0.15) is 58.8 Å². The lowest BCUT2D eigenvalue weighted by Gasteiger charge is -2.36. The molecule has 0 saturated heterocycles. The molecule has 3 rings (SSSR count). The minimum atomic E-state index is 1.03. The van der Waals surface area contributed by atoms with Crippen molar-refractivity contribution in [2.24, 2.45) is 35.5 Å². The first kappa shape index (κ1) is 10.2. The summed E-state index contributed by atoms with van der Waals surface area (Å²) in [7, 11) is 0. The second-order valence-electron chi connectivity index (χ2n) is 6.92. The van der Waals surface area contributed by atoms with Gasteiger partial charge in [-0.2, -0.15) is 0 Å². The van der Waals surface area contributed by atoms with Crippen molar-refractivity contribution in [1.82, 2.24) is 0 Å². The summed E-state index contributed by atoms with van der Waals surface area (Å²) >= 11 is 0. The highest BCUT2D eigenvalue weighted by Gasteiger charge is 2.46. The van der Waals surface area contributed by atoms with E-state index in [2.05, 4.69) is 13.8 Å². The van der Waals surface area contributed by atoms with Crippen molar-refractivity contribution in [3.63, 3.8) is 0 Å². The van der Waals surface area contributed by atoms with Gasteiger partial charge in [0.2, 0.25) is 0 Å². The molecule has 0 N–H and O–H groups in total. The Kier molecular flexibility index (Phi) is 2.57. The molecule has 6 unspecified atom stereocenters. The molecule has 15 heavy (non-hydrogen) atoms. The summed E-state index contributed by atoms with van der Waals surface area (Å²) < 4.78 is 0. The van der Waals surface area contributed by atoms with E-state index in [1.165, 1.54) is 12.8 Å². The standard InChI is InChI=1S/C15H26/c1-10-4-6-14-13(7-10)9-12-5-3-11(2)8-15(12)14/h10-15H,3-9H2,1-2H3. The molecule has 6 atom stereocenters. The van der Waals surface area contributed by atoms with Gasteiger partial charge in [0.25, 0.3) is 0 Å². The van der Waals surface area contributed by atoms with E-state index in [9.17, 15) is 0 Å². The number of hydrogen-bond acceptors (Lipinski definition) is 0. The average Bonchev–Trinajstić information content (AvgIpc) is 2.54. The lowest BCUT2D eigenvalue weighted by Crippen LogP contribution is -2.27. The maximum atomic E-state index is 2.48. The van der Waals surface area contributed by atoms with Crippen LogP contribution in [0.15, 0.2) is 0 Å². The Morgan fingerprint density at radius 3 is 2.20 bits per heavy atom. The molecule has 0 aromatic carbocycles. The zero-order valence-electron chi connectivity index (χ0n) is 10.4. The molecule has 0 spiro atoms. The molecular formula is C15H26. The van der Waals surface area contributed by atoms with Crippen LogP contribution in [0.5, 0.6) is 0 Å². The zero-order chi connectivity index (χ0) is 10.4. The fourth-order valence-corrected chi connectivity index (χ4v) is 5.05. The highest BCUT2D eigenvalue weighted by atomic mass is 14.5. The lowest BCUT2D eigenvalue weighted by atomic mass is 9.69.